The maximum absolute atomic E-state index is 12.4. The van der Waals surface area contributed by atoms with Crippen LogP contribution >= 0.6 is 0 Å². The van der Waals surface area contributed by atoms with E-state index >= 15 is 0 Å². The van der Waals surface area contributed by atoms with Crippen LogP contribution in [0.5, 0.6) is 0 Å². The Bertz CT molecular complexity index is 833. The van der Waals surface area contributed by atoms with Crippen LogP contribution in [0.15, 0.2) is 42.5 Å². The first-order chi connectivity index (χ1) is 10.0. The number of nitrogens with two attached hydrogens (primary N) is 1. The van der Waals surface area contributed by atoms with Gasteiger partial charge in [-0.25, -0.2) is 0 Å². The van der Waals surface area contributed by atoms with Gasteiger partial charge >= 0.3 is 0 Å². The number of aromatic amines is 1. The molecule has 106 valence electrons. The van der Waals surface area contributed by atoms with E-state index < -0.39 is 0 Å². The highest BCUT2D eigenvalue weighted by Gasteiger charge is 2.11. The van der Waals surface area contributed by atoms with Crippen molar-refractivity contribution in [1.29, 1.82) is 0 Å². The predicted molar refractivity (Wildman–Crippen MR) is 86.6 cm³/mol. The molecule has 4 N–H and O–H groups in total. The molecule has 4 nitrogen and oxygen atoms in total. The molecule has 0 saturated heterocycles. The molecule has 1 heterocycles. The molecule has 3 aromatic rings. The van der Waals surface area contributed by atoms with Gasteiger partial charge in [-0.2, -0.15) is 0 Å². The second kappa shape index (κ2) is 4.98. The van der Waals surface area contributed by atoms with Crippen LogP contribution in [0, 0.1) is 13.8 Å². The van der Waals surface area contributed by atoms with Gasteiger partial charge in [0.05, 0.1) is 0 Å². The summed E-state index contributed by atoms with van der Waals surface area (Å²) in [6.07, 6.45) is 0. The summed E-state index contributed by atoms with van der Waals surface area (Å²) in [6, 6.07) is 13.3. The Labute approximate surface area is 123 Å². The average molecular weight is 279 g/mol. The van der Waals surface area contributed by atoms with Gasteiger partial charge in [0.1, 0.15) is 5.69 Å². The van der Waals surface area contributed by atoms with Crippen molar-refractivity contribution < 1.29 is 4.79 Å². The number of hydrogen-bond acceptors (Lipinski definition) is 2. The molecular weight excluding hydrogens is 262 g/mol. The van der Waals surface area contributed by atoms with Crippen LogP contribution in [0.25, 0.3) is 10.9 Å². The number of benzene rings is 2. The minimum atomic E-state index is -0.154. The third kappa shape index (κ3) is 2.60. The van der Waals surface area contributed by atoms with Gasteiger partial charge in [0.15, 0.2) is 0 Å². The van der Waals surface area contributed by atoms with Crippen LogP contribution in [0.3, 0.4) is 0 Å². The molecule has 2 aromatic carbocycles. The molecule has 0 saturated carbocycles. The lowest BCUT2D eigenvalue weighted by Gasteiger charge is -2.08. The van der Waals surface area contributed by atoms with Crippen LogP contribution in [-0.2, 0) is 0 Å². The van der Waals surface area contributed by atoms with Gasteiger partial charge in [-0.15, -0.1) is 0 Å². The summed E-state index contributed by atoms with van der Waals surface area (Å²) in [5.74, 6) is -0.154. The molecular formula is C17H17N3O. The predicted octanol–water partition coefficient (Wildman–Crippen LogP) is 3.62. The van der Waals surface area contributed by atoms with Crippen molar-refractivity contribution in [3.8, 4) is 0 Å². The van der Waals surface area contributed by atoms with Crippen LogP contribution < -0.4 is 11.1 Å². The molecule has 0 atom stereocenters. The molecule has 3 rings (SSSR count). The van der Waals surface area contributed by atoms with E-state index in [1.165, 1.54) is 0 Å². The van der Waals surface area contributed by atoms with Crippen molar-refractivity contribution in [3.63, 3.8) is 0 Å². The summed E-state index contributed by atoms with van der Waals surface area (Å²) in [6.45, 7) is 3.97. The second-order valence-corrected chi connectivity index (χ2v) is 5.30. The summed E-state index contributed by atoms with van der Waals surface area (Å²) in [7, 11) is 0. The number of amides is 1. The van der Waals surface area contributed by atoms with E-state index in [4.69, 9.17) is 5.73 Å². The summed E-state index contributed by atoms with van der Waals surface area (Å²) in [5, 5.41) is 3.87. The van der Waals surface area contributed by atoms with Gasteiger partial charge in [-0.1, -0.05) is 12.1 Å². The highest BCUT2D eigenvalue weighted by Crippen LogP contribution is 2.21. The van der Waals surface area contributed by atoms with Crippen molar-refractivity contribution >= 4 is 28.2 Å². The zero-order valence-electron chi connectivity index (χ0n) is 12.0. The minimum absolute atomic E-state index is 0.154. The molecule has 0 aliphatic rings. The van der Waals surface area contributed by atoms with E-state index in [1.807, 2.05) is 56.3 Å². The van der Waals surface area contributed by atoms with Crippen molar-refractivity contribution in [2.45, 2.75) is 13.8 Å². The van der Waals surface area contributed by atoms with Gasteiger partial charge in [-0.3, -0.25) is 4.79 Å². The maximum Gasteiger partial charge on any atom is 0.272 e. The molecule has 0 fully saturated rings. The molecule has 0 spiro atoms. The topological polar surface area (TPSA) is 70.9 Å². The standard InChI is InChI=1S/C17H17N3O/c1-10-3-4-11(2)15(7-10)20-17(21)16-9-12-8-13(18)5-6-14(12)19-16/h3-9,19H,18H2,1-2H3,(H,20,21). The van der Waals surface area contributed by atoms with Gasteiger partial charge in [0, 0.05) is 22.3 Å². The van der Waals surface area contributed by atoms with Crippen molar-refractivity contribution in [3.05, 3.63) is 59.3 Å². The number of hydrogen-bond donors (Lipinski definition) is 3. The fourth-order valence-electron chi connectivity index (χ4n) is 2.33. The van der Waals surface area contributed by atoms with E-state index in [0.29, 0.717) is 11.4 Å². The Morgan fingerprint density at radius 2 is 1.90 bits per heavy atom. The Kier molecular flexibility index (Phi) is 3.14. The van der Waals surface area contributed by atoms with Crippen molar-refractivity contribution in [2.75, 3.05) is 11.1 Å². The average Bonchev–Trinajstić information content (AvgIpc) is 2.86. The number of H-pyrrole nitrogens is 1. The number of rotatable bonds is 2. The van der Waals surface area contributed by atoms with Gasteiger partial charge < -0.3 is 16.0 Å². The first kappa shape index (κ1) is 13.2. The zero-order chi connectivity index (χ0) is 15.0. The van der Waals surface area contributed by atoms with Crippen LogP contribution in [0.2, 0.25) is 0 Å². The lowest BCUT2D eigenvalue weighted by molar-refractivity contribution is 0.102. The summed E-state index contributed by atoms with van der Waals surface area (Å²) in [4.78, 5) is 15.5. The summed E-state index contributed by atoms with van der Waals surface area (Å²) in [5.41, 5.74) is 10.8. The van der Waals surface area contributed by atoms with E-state index in [9.17, 15) is 4.79 Å². The summed E-state index contributed by atoms with van der Waals surface area (Å²) >= 11 is 0. The van der Waals surface area contributed by atoms with Crippen molar-refractivity contribution in [1.82, 2.24) is 4.98 Å². The maximum atomic E-state index is 12.4. The number of nitrogen functional groups attached to an aromatic ring is 1. The molecule has 0 unspecified atom stereocenters. The number of aryl methyl sites for hydroxylation is 2. The first-order valence-electron chi connectivity index (χ1n) is 6.80. The highest BCUT2D eigenvalue weighted by molar-refractivity contribution is 6.06. The van der Waals surface area contributed by atoms with Crippen LogP contribution in [0.1, 0.15) is 21.6 Å². The largest absolute Gasteiger partial charge is 0.399 e. The quantitative estimate of drug-likeness (QED) is 0.627. The number of fused-ring (bicyclic) bond motifs is 1. The second-order valence-electron chi connectivity index (χ2n) is 5.30. The van der Waals surface area contributed by atoms with Gasteiger partial charge in [0.25, 0.3) is 5.91 Å². The molecule has 4 heteroatoms. The fourth-order valence-corrected chi connectivity index (χ4v) is 2.33. The number of aromatic nitrogens is 1. The monoisotopic (exact) mass is 279 g/mol. The summed E-state index contributed by atoms with van der Waals surface area (Å²) < 4.78 is 0. The molecule has 0 bridgehead atoms. The van der Waals surface area contributed by atoms with Crippen LogP contribution in [-0.4, -0.2) is 10.9 Å². The molecule has 0 aliphatic carbocycles. The molecule has 1 aromatic heterocycles. The number of nitrogens with one attached hydrogen (secondary N) is 2. The lowest BCUT2D eigenvalue weighted by atomic mass is 10.1. The van der Waals surface area contributed by atoms with E-state index in [0.717, 1.165) is 27.7 Å². The third-order valence-corrected chi connectivity index (χ3v) is 3.53. The molecule has 0 aliphatic heterocycles. The Morgan fingerprint density at radius 3 is 2.71 bits per heavy atom. The van der Waals surface area contributed by atoms with E-state index in [1.54, 1.807) is 0 Å². The molecule has 21 heavy (non-hydrogen) atoms. The Balaban J connectivity index is 1.91. The van der Waals surface area contributed by atoms with Crippen LogP contribution in [0.4, 0.5) is 11.4 Å². The SMILES string of the molecule is Cc1ccc(C)c(NC(=O)c2cc3cc(N)ccc3[nH]2)c1. The van der Waals surface area contributed by atoms with Gasteiger partial charge in [-0.05, 0) is 55.3 Å². The zero-order valence-corrected chi connectivity index (χ0v) is 12.0. The van der Waals surface area contributed by atoms with Crippen molar-refractivity contribution in [2.24, 2.45) is 0 Å². The number of anilines is 2. The highest BCUT2D eigenvalue weighted by atomic mass is 16.1. The Morgan fingerprint density at radius 1 is 1.10 bits per heavy atom. The fraction of sp³-hybridized carbons (Fsp3) is 0.118. The smallest absolute Gasteiger partial charge is 0.272 e. The molecule has 1 amide bonds. The van der Waals surface area contributed by atoms with E-state index in [-0.39, 0.29) is 5.91 Å². The number of carbonyl (C=O) groups excluding carboxylic acids is 1. The Hall–Kier alpha value is -2.75. The van der Waals surface area contributed by atoms with E-state index in [2.05, 4.69) is 10.3 Å². The van der Waals surface area contributed by atoms with Gasteiger partial charge in [0.2, 0.25) is 0 Å². The minimum Gasteiger partial charge on any atom is -0.399 e. The lowest BCUT2D eigenvalue weighted by Crippen LogP contribution is -2.13. The molecule has 0 radical (unpaired) electrons. The third-order valence-electron chi connectivity index (χ3n) is 3.53. The number of carbonyl (C=O) groups is 1. The normalized spacial score (nSPS) is 10.8. The first-order valence-corrected chi connectivity index (χ1v) is 6.80.